The van der Waals surface area contributed by atoms with Crippen molar-refractivity contribution < 1.29 is 9.53 Å². The molecule has 1 amide bonds. The molecule has 1 fully saturated rings. The van der Waals surface area contributed by atoms with Crippen molar-refractivity contribution in [3.05, 3.63) is 72.3 Å². The van der Waals surface area contributed by atoms with Crippen LogP contribution in [0.3, 0.4) is 0 Å². The Bertz CT molecular complexity index is 943. The number of benzene rings is 3. The minimum Gasteiger partial charge on any atom is -0.496 e. The Labute approximate surface area is 160 Å². The minimum absolute atomic E-state index is 0.101. The third-order valence-corrected chi connectivity index (χ3v) is 5.82. The Kier molecular flexibility index (Phi) is 4.85. The van der Waals surface area contributed by atoms with Gasteiger partial charge in [0, 0.05) is 16.5 Å². The van der Waals surface area contributed by atoms with E-state index in [1.165, 1.54) is 6.42 Å². The minimum atomic E-state index is -0.444. The van der Waals surface area contributed by atoms with Crippen LogP contribution in [0.2, 0.25) is 0 Å². The Hall–Kier alpha value is -2.81. The molecule has 0 aromatic heterocycles. The summed E-state index contributed by atoms with van der Waals surface area (Å²) in [5.74, 6) is 0.919. The number of anilines is 1. The van der Waals surface area contributed by atoms with Crippen LogP contribution >= 0.6 is 0 Å². The molecule has 0 saturated heterocycles. The van der Waals surface area contributed by atoms with E-state index in [2.05, 4.69) is 17.4 Å². The van der Waals surface area contributed by atoms with Crippen molar-refractivity contribution in [3.8, 4) is 5.75 Å². The lowest BCUT2D eigenvalue weighted by atomic mass is 9.68. The Balaban J connectivity index is 1.73. The number of ether oxygens (including phenoxy) is 1. The summed E-state index contributed by atoms with van der Waals surface area (Å²) < 4.78 is 5.48. The van der Waals surface area contributed by atoms with Gasteiger partial charge >= 0.3 is 0 Å². The molecule has 4 rings (SSSR count). The summed E-state index contributed by atoms with van der Waals surface area (Å²) in [6, 6.07) is 22.2. The number of hydrogen-bond acceptors (Lipinski definition) is 2. The number of methoxy groups -OCH3 is 1. The molecular formula is C24H25NO2. The van der Waals surface area contributed by atoms with Crippen LogP contribution in [0.15, 0.2) is 66.7 Å². The molecule has 0 unspecified atom stereocenters. The first kappa shape index (κ1) is 17.6. The molecule has 138 valence electrons. The number of amides is 1. The zero-order chi connectivity index (χ0) is 18.7. The van der Waals surface area contributed by atoms with Gasteiger partial charge in [-0.3, -0.25) is 4.79 Å². The number of rotatable bonds is 4. The summed E-state index contributed by atoms with van der Waals surface area (Å²) in [7, 11) is 1.67. The number of hydrogen-bond donors (Lipinski definition) is 1. The molecule has 0 heterocycles. The highest BCUT2D eigenvalue weighted by Crippen LogP contribution is 2.41. The zero-order valence-electron chi connectivity index (χ0n) is 15.7. The molecule has 0 bridgehead atoms. The van der Waals surface area contributed by atoms with Crippen molar-refractivity contribution >= 4 is 22.4 Å². The van der Waals surface area contributed by atoms with E-state index in [1.54, 1.807) is 7.11 Å². The van der Waals surface area contributed by atoms with E-state index in [4.69, 9.17) is 4.74 Å². The van der Waals surface area contributed by atoms with E-state index in [-0.39, 0.29) is 5.91 Å². The van der Waals surface area contributed by atoms with Crippen molar-refractivity contribution in [2.24, 2.45) is 0 Å². The quantitative estimate of drug-likeness (QED) is 0.650. The third kappa shape index (κ3) is 3.18. The third-order valence-electron chi connectivity index (χ3n) is 5.82. The van der Waals surface area contributed by atoms with Gasteiger partial charge in [-0.2, -0.15) is 0 Å². The second kappa shape index (κ2) is 7.43. The molecule has 3 nitrogen and oxygen atoms in total. The fourth-order valence-corrected chi connectivity index (χ4v) is 4.36. The van der Waals surface area contributed by atoms with Crippen LogP contribution in [0.4, 0.5) is 5.69 Å². The van der Waals surface area contributed by atoms with Gasteiger partial charge in [0.05, 0.1) is 12.5 Å². The van der Waals surface area contributed by atoms with Crippen molar-refractivity contribution in [2.75, 3.05) is 12.4 Å². The topological polar surface area (TPSA) is 38.3 Å². The van der Waals surface area contributed by atoms with E-state index in [0.717, 1.165) is 53.5 Å². The first-order valence-corrected chi connectivity index (χ1v) is 9.67. The van der Waals surface area contributed by atoms with Crippen LogP contribution in [0.1, 0.15) is 37.7 Å². The maximum absolute atomic E-state index is 13.5. The van der Waals surface area contributed by atoms with Crippen LogP contribution in [0.5, 0.6) is 5.75 Å². The standard InChI is InChI=1S/C24H25NO2/c1-27-22-15-14-21(19-12-6-7-13-20(19)22)25-23(26)24(16-8-3-9-17-24)18-10-4-2-5-11-18/h2,4-7,10-15H,3,8-9,16-17H2,1H3,(H,25,26). The van der Waals surface area contributed by atoms with Gasteiger partial charge in [-0.05, 0) is 30.5 Å². The average molecular weight is 359 g/mol. The molecule has 27 heavy (non-hydrogen) atoms. The number of carbonyl (C=O) groups excluding carboxylic acids is 1. The normalized spacial score (nSPS) is 16.0. The van der Waals surface area contributed by atoms with Crippen LogP contribution in [0.25, 0.3) is 10.8 Å². The summed E-state index contributed by atoms with van der Waals surface area (Å²) in [5.41, 5.74) is 1.53. The van der Waals surface area contributed by atoms with Crippen LogP contribution < -0.4 is 10.1 Å². The van der Waals surface area contributed by atoms with Gasteiger partial charge in [-0.25, -0.2) is 0 Å². The van der Waals surface area contributed by atoms with Crippen LogP contribution in [-0.2, 0) is 10.2 Å². The molecule has 0 radical (unpaired) electrons. The highest BCUT2D eigenvalue weighted by molar-refractivity contribution is 6.07. The first-order chi connectivity index (χ1) is 13.2. The number of carbonyl (C=O) groups is 1. The lowest BCUT2D eigenvalue weighted by Crippen LogP contribution is -2.42. The summed E-state index contributed by atoms with van der Waals surface area (Å²) >= 11 is 0. The average Bonchev–Trinajstić information content (AvgIpc) is 2.75. The number of fused-ring (bicyclic) bond motifs is 1. The van der Waals surface area contributed by atoms with Gasteiger partial charge in [0.1, 0.15) is 5.75 Å². The maximum Gasteiger partial charge on any atom is 0.235 e. The second-order valence-electron chi connectivity index (χ2n) is 7.32. The predicted molar refractivity (Wildman–Crippen MR) is 110 cm³/mol. The van der Waals surface area contributed by atoms with E-state index in [1.807, 2.05) is 54.6 Å². The molecule has 1 N–H and O–H groups in total. The van der Waals surface area contributed by atoms with Crippen molar-refractivity contribution in [1.29, 1.82) is 0 Å². The van der Waals surface area contributed by atoms with Crippen LogP contribution in [0, 0.1) is 0 Å². The fourth-order valence-electron chi connectivity index (χ4n) is 4.36. The van der Waals surface area contributed by atoms with Crippen molar-refractivity contribution in [3.63, 3.8) is 0 Å². The van der Waals surface area contributed by atoms with Gasteiger partial charge in [0.2, 0.25) is 5.91 Å². The molecular weight excluding hydrogens is 334 g/mol. The number of nitrogens with one attached hydrogen (secondary N) is 1. The molecule has 0 aliphatic heterocycles. The summed E-state index contributed by atoms with van der Waals surface area (Å²) in [4.78, 5) is 13.5. The van der Waals surface area contributed by atoms with E-state index in [0.29, 0.717) is 0 Å². The Morgan fingerprint density at radius 2 is 1.52 bits per heavy atom. The van der Waals surface area contributed by atoms with E-state index >= 15 is 0 Å². The molecule has 0 spiro atoms. The SMILES string of the molecule is COc1ccc(NC(=O)C2(c3ccccc3)CCCCC2)c2ccccc12. The predicted octanol–water partition coefficient (Wildman–Crippen LogP) is 5.69. The fraction of sp³-hybridized carbons (Fsp3) is 0.292. The second-order valence-corrected chi connectivity index (χ2v) is 7.32. The van der Waals surface area contributed by atoms with Gasteiger partial charge in [-0.15, -0.1) is 0 Å². The van der Waals surface area contributed by atoms with E-state index in [9.17, 15) is 4.79 Å². The molecule has 1 saturated carbocycles. The van der Waals surface area contributed by atoms with E-state index < -0.39 is 5.41 Å². The first-order valence-electron chi connectivity index (χ1n) is 9.67. The van der Waals surface area contributed by atoms with Crippen LogP contribution in [-0.4, -0.2) is 13.0 Å². The molecule has 1 aliphatic carbocycles. The Morgan fingerprint density at radius 1 is 0.852 bits per heavy atom. The van der Waals surface area contributed by atoms with Gasteiger partial charge in [0.25, 0.3) is 0 Å². The maximum atomic E-state index is 13.5. The van der Waals surface area contributed by atoms with Gasteiger partial charge < -0.3 is 10.1 Å². The molecule has 1 aliphatic rings. The molecule has 3 aromatic carbocycles. The molecule has 0 atom stereocenters. The lowest BCUT2D eigenvalue weighted by Gasteiger charge is -2.36. The zero-order valence-corrected chi connectivity index (χ0v) is 15.7. The summed E-state index contributed by atoms with van der Waals surface area (Å²) in [6.45, 7) is 0. The largest absolute Gasteiger partial charge is 0.496 e. The highest BCUT2D eigenvalue weighted by Gasteiger charge is 2.41. The Morgan fingerprint density at radius 3 is 2.22 bits per heavy atom. The highest BCUT2D eigenvalue weighted by atomic mass is 16.5. The molecule has 3 heteroatoms. The summed E-state index contributed by atoms with van der Waals surface area (Å²) in [6.07, 6.45) is 5.18. The molecule has 3 aromatic rings. The smallest absolute Gasteiger partial charge is 0.235 e. The monoisotopic (exact) mass is 359 g/mol. The van der Waals surface area contributed by atoms with Gasteiger partial charge in [-0.1, -0.05) is 73.9 Å². The lowest BCUT2D eigenvalue weighted by molar-refractivity contribution is -0.122. The summed E-state index contributed by atoms with van der Waals surface area (Å²) in [5, 5.41) is 5.26. The van der Waals surface area contributed by atoms with Crippen molar-refractivity contribution in [2.45, 2.75) is 37.5 Å². The van der Waals surface area contributed by atoms with Gasteiger partial charge in [0.15, 0.2) is 0 Å². The van der Waals surface area contributed by atoms with Crippen molar-refractivity contribution in [1.82, 2.24) is 0 Å².